The summed E-state index contributed by atoms with van der Waals surface area (Å²) in [6.07, 6.45) is 1.68. The number of ether oxygens (including phenoxy) is 4. The van der Waals surface area contributed by atoms with Gasteiger partial charge in [0.25, 0.3) is 0 Å². The van der Waals surface area contributed by atoms with Gasteiger partial charge in [-0.05, 0) is 41.2 Å². The zero-order valence-electron chi connectivity index (χ0n) is 16.8. The molecule has 148 valence electrons. The van der Waals surface area contributed by atoms with Crippen LogP contribution in [0.1, 0.15) is 34.1 Å². The molecule has 2 saturated heterocycles. The lowest BCUT2D eigenvalue weighted by Crippen LogP contribution is -2.46. The van der Waals surface area contributed by atoms with Gasteiger partial charge in [-0.1, -0.05) is 0 Å². The van der Waals surface area contributed by atoms with Crippen molar-refractivity contribution >= 4 is 0 Å². The van der Waals surface area contributed by atoms with E-state index in [4.69, 9.17) is 18.9 Å². The summed E-state index contributed by atoms with van der Waals surface area (Å²) in [5.74, 6) is 0. The highest BCUT2D eigenvalue weighted by Gasteiger charge is 2.23. The van der Waals surface area contributed by atoms with Crippen LogP contribution in [0.4, 0.5) is 0 Å². The maximum absolute atomic E-state index is 6.01. The molecule has 2 aliphatic rings. The Morgan fingerprint density at radius 1 is 1.04 bits per heavy atom. The molecule has 0 N–H and O–H groups in total. The first kappa shape index (κ1) is 21.1. The maximum Gasteiger partial charge on any atom is 0.0935 e. The molecule has 0 amide bonds. The lowest BCUT2D eigenvalue weighted by molar-refractivity contribution is -0.106. The van der Waals surface area contributed by atoms with Crippen molar-refractivity contribution in [1.29, 1.82) is 0 Å². The van der Waals surface area contributed by atoms with E-state index in [2.05, 4.69) is 44.5 Å². The van der Waals surface area contributed by atoms with Crippen molar-refractivity contribution < 1.29 is 18.9 Å². The van der Waals surface area contributed by atoms with E-state index >= 15 is 0 Å². The van der Waals surface area contributed by atoms with Gasteiger partial charge in [-0.3, -0.25) is 4.90 Å². The number of rotatable bonds is 8. The average Bonchev–Trinajstić information content (AvgIpc) is 2.56. The van der Waals surface area contributed by atoms with Gasteiger partial charge < -0.3 is 23.8 Å². The molecule has 0 aromatic rings. The van der Waals surface area contributed by atoms with E-state index in [-0.39, 0.29) is 23.9 Å². The van der Waals surface area contributed by atoms with Crippen LogP contribution in [0.2, 0.25) is 0 Å². The summed E-state index contributed by atoms with van der Waals surface area (Å²) < 4.78 is 23.5. The Morgan fingerprint density at radius 2 is 1.72 bits per heavy atom. The van der Waals surface area contributed by atoms with Crippen molar-refractivity contribution in [2.75, 3.05) is 66.2 Å². The van der Waals surface area contributed by atoms with Crippen molar-refractivity contribution in [3.63, 3.8) is 0 Å². The zero-order chi connectivity index (χ0) is 18.3. The molecule has 0 aliphatic carbocycles. The predicted molar refractivity (Wildman–Crippen MR) is 99.2 cm³/mol. The summed E-state index contributed by atoms with van der Waals surface area (Å²) in [6.45, 7) is 16.3. The van der Waals surface area contributed by atoms with Crippen LogP contribution in [0.3, 0.4) is 0 Å². The standard InChI is InChI=1S/C19H38N2O4/c1-16(24-14-17-12-20(5)8-10-22-17)6-7-21-9-11-23-18(13-21)15-25-19(2,3)4/h16-18H,6-15H2,1-5H3/t16?,17-,18?/m1/s1. The summed E-state index contributed by atoms with van der Waals surface area (Å²) >= 11 is 0. The van der Waals surface area contributed by atoms with Crippen LogP contribution in [0.25, 0.3) is 0 Å². The van der Waals surface area contributed by atoms with Gasteiger partial charge in [0, 0.05) is 32.7 Å². The second kappa shape index (κ2) is 10.2. The Balaban J connectivity index is 1.59. The van der Waals surface area contributed by atoms with Crippen LogP contribution in [0.15, 0.2) is 0 Å². The number of morpholine rings is 2. The Bertz CT molecular complexity index is 375. The normalized spacial score (nSPS) is 28.2. The lowest BCUT2D eigenvalue weighted by Gasteiger charge is -2.35. The van der Waals surface area contributed by atoms with Crippen molar-refractivity contribution in [2.45, 2.75) is 58.0 Å². The van der Waals surface area contributed by atoms with Gasteiger partial charge in [-0.2, -0.15) is 0 Å². The van der Waals surface area contributed by atoms with Crippen molar-refractivity contribution in [1.82, 2.24) is 9.80 Å². The average molecular weight is 359 g/mol. The number of hydrogen-bond donors (Lipinski definition) is 0. The summed E-state index contributed by atoms with van der Waals surface area (Å²) in [6, 6.07) is 0. The first-order chi connectivity index (χ1) is 11.8. The SMILES string of the molecule is CC(CCN1CCOC(COC(C)(C)C)C1)OC[C@H]1CN(C)CCO1. The second-order valence-electron chi connectivity index (χ2n) is 8.40. The number of hydrogen-bond acceptors (Lipinski definition) is 6. The molecule has 2 unspecified atom stereocenters. The summed E-state index contributed by atoms with van der Waals surface area (Å²) in [7, 11) is 2.14. The van der Waals surface area contributed by atoms with Crippen LogP contribution < -0.4 is 0 Å². The van der Waals surface area contributed by atoms with Gasteiger partial charge in [0.2, 0.25) is 0 Å². The van der Waals surface area contributed by atoms with Crippen molar-refractivity contribution in [3.05, 3.63) is 0 Å². The monoisotopic (exact) mass is 358 g/mol. The number of nitrogens with zero attached hydrogens (tertiary/aromatic N) is 2. The van der Waals surface area contributed by atoms with Gasteiger partial charge in [0.05, 0.1) is 50.3 Å². The van der Waals surface area contributed by atoms with Crippen LogP contribution >= 0.6 is 0 Å². The predicted octanol–water partition coefficient (Wildman–Crippen LogP) is 1.63. The molecule has 0 radical (unpaired) electrons. The highest BCUT2D eigenvalue weighted by atomic mass is 16.5. The molecule has 25 heavy (non-hydrogen) atoms. The molecule has 2 aliphatic heterocycles. The topological polar surface area (TPSA) is 43.4 Å². The minimum atomic E-state index is -0.108. The lowest BCUT2D eigenvalue weighted by atomic mass is 10.2. The van der Waals surface area contributed by atoms with Crippen LogP contribution in [0.5, 0.6) is 0 Å². The highest BCUT2D eigenvalue weighted by Crippen LogP contribution is 2.13. The van der Waals surface area contributed by atoms with E-state index in [1.54, 1.807) is 0 Å². The Morgan fingerprint density at radius 3 is 2.40 bits per heavy atom. The van der Waals surface area contributed by atoms with Gasteiger partial charge in [-0.25, -0.2) is 0 Å². The molecule has 0 aromatic carbocycles. The van der Waals surface area contributed by atoms with Crippen molar-refractivity contribution in [3.8, 4) is 0 Å². The molecule has 0 spiro atoms. The fourth-order valence-corrected chi connectivity index (χ4v) is 3.11. The molecule has 2 fully saturated rings. The number of likely N-dealkylation sites (N-methyl/N-ethyl adjacent to an activating group) is 1. The summed E-state index contributed by atoms with van der Waals surface area (Å²) in [5, 5.41) is 0. The van der Waals surface area contributed by atoms with Gasteiger partial charge in [-0.15, -0.1) is 0 Å². The molecule has 0 bridgehead atoms. The van der Waals surface area contributed by atoms with E-state index in [0.29, 0.717) is 13.2 Å². The first-order valence-corrected chi connectivity index (χ1v) is 9.71. The molecule has 2 rings (SSSR count). The molecular weight excluding hydrogens is 320 g/mol. The van der Waals surface area contributed by atoms with E-state index in [0.717, 1.165) is 52.4 Å². The van der Waals surface area contributed by atoms with Gasteiger partial charge in [0.15, 0.2) is 0 Å². The van der Waals surface area contributed by atoms with Crippen LogP contribution in [0, 0.1) is 0 Å². The molecule has 0 aromatic heterocycles. The van der Waals surface area contributed by atoms with Gasteiger partial charge in [0.1, 0.15) is 0 Å². The fourth-order valence-electron chi connectivity index (χ4n) is 3.11. The zero-order valence-corrected chi connectivity index (χ0v) is 16.8. The minimum absolute atomic E-state index is 0.108. The third kappa shape index (κ3) is 8.80. The van der Waals surface area contributed by atoms with E-state index < -0.39 is 0 Å². The fraction of sp³-hybridized carbons (Fsp3) is 1.00. The van der Waals surface area contributed by atoms with E-state index in [1.807, 2.05) is 0 Å². The van der Waals surface area contributed by atoms with Crippen molar-refractivity contribution in [2.24, 2.45) is 0 Å². The Kier molecular flexibility index (Phi) is 8.58. The van der Waals surface area contributed by atoms with Crippen LogP contribution in [-0.2, 0) is 18.9 Å². The third-order valence-corrected chi connectivity index (χ3v) is 4.69. The molecule has 3 atom stereocenters. The van der Waals surface area contributed by atoms with Crippen LogP contribution in [-0.4, -0.2) is 99.9 Å². The molecule has 6 nitrogen and oxygen atoms in total. The highest BCUT2D eigenvalue weighted by molar-refractivity contribution is 4.74. The Hall–Kier alpha value is -0.240. The maximum atomic E-state index is 6.01. The van der Waals surface area contributed by atoms with E-state index in [9.17, 15) is 0 Å². The third-order valence-electron chi connectivity index (χ3n) is 4.69. The molecular formula is C19H38N2O4. The molecule has 0 saturated carbocycles. The second-order valence-corrected chi connectivity index (χ2v) is 8.40. The molecule has 2 heterocycles. The largest absolute Gasteiger partial charge is 0.376 e. The minimum Gasteiger partial charge on any atom is -0.376 e. The van der Waals surface area contributed by atoms with E-state index in [1.165, 1.54) is 0 Å². The smallest absolute Gasteiger partial charge is 0.0935 e. The Labute approximate surface area is 153 Å². The summed E-state index contributed by atoms with van der Waals surface area (Å²) in [5.41, 5.74) is -0.108. The van der Waals surface area contributed by atoms with Gasteiger partial charge >= 0.3 is 0 Å². The first-order valence-electron chi connectivity index (χ1n) is 9.71. The molecule has 6 heteroatoms. The summed E-state index contributed by atoms with van der Waals surface area (Å²) in [4.78, 5) is 4.76. The quantitative estimate of drug-likeness (QED) is 0.657.